The molecule has 0 aliphatic carbocycles. The summed E-state index contributed by atoms with van der Waals surface area (Å²) < 4.78 is 18.3. The van der Waals surface area contributed by atoms with Crippen LogP contribution in [0.5, 0.6) is 5.88 Å². The number of hydrogen-bond donors (Lipinski definition) is 5. The Hall–Kier alpha value is -4.26. The number of nitrogen functional groups attached to an aromatic ring is 1. The molecule has 2 aliphatic rings. The zero-order chi connectivity index (χ0) is 31.2. The molecule has 8 unspecified atom stereocenters. The number of nitrogens with zero attached hydrogens (tertiary/aromatic N) is 10. The molecule has 20 heteroatoms. The maximum atomic E-state index is 12.1. The monoisotopic (exact) mass is 593 g/mol. The van der Waals surface area contributed by atoms with Crippen molar-refractivity contribution in [2.24, 2.45) is 22.1 Å². The van der Waals surface area contributed by atoms with Gasteiger partial charge in [0.2, 0.25) is 5.88 Å². The van der Waals surface area contributed by atoms with Crippen LogP contribution in [-0.2, 0) is 9.47 Å². The summed E-state index contributed by atoms with van der Waals surface area (Å²) in [4.78, 5) is 36.3. The quantitative estimate of drug-likeness (QED) is 0.147. The summed E-state index contributed by atoms with van der Waals surface area (Å²) in [5.74, 6) is -0.967. The third-order valence-corrected chi connectivity index (χ3v) is 6.85. The van der Waals surface area contributed by atoms with E-state index in [0.29, 0.717) is 6.61 Å². The number of hydrogen-bond acceptors (Lipinski definition) is 14. The minimum Gasteiger partial charge on any atom is -0.478 e. The zero-order valence-corrected chi connectivity index (χ0v) is 22.8. The van der Waals surface area contributed by atoms with Crippen LogP contribution in [0.3, 0.4) is 0 Å². The van der Waals surface area contributed by atoms with Crippen molar-refractivity contribution in [3.63, 3.8) is 0 Å². The molecular formula is C22H31N11O9. The summed E-state index contributed by atoms with van der Waals surface area (Å²) in [7, 11) is 0. The summed E-state index contributed by atoms with van der Waals surface area (Å²) in [5, 5.41) is 45.7. The molecule has 2 fully saturated rings. The maximum absolute atomic E-state index is 12.1. The lowest BCUT2D eigenvalue weighted by Crippen LogP contribution is -2.42. The van der Waals surface area contributed by atoms with Crippen molar-refractivity contribution in [1.82, 2.24) is 19.1 Å². The van der Waals surface area contributed by atoms with Gasteiger partial charge < -0.3 is 40.4 Å². The molecule has 4 heterocycles. The molecule has 4 rings (SSSR count). The summed E-state index contributed by atoms with van der Waals surface area (Å²) >= 11 is 0. The summed E-state index contributed by atoms with van der Waals surface area (Å²) in [5.41, 5.74) is 17.6. The standard InChI is InChI=1S/C12H17N5O5.C10H14N6O4/c1-3-21-8-4-5-17(11(20)14-8)10-7(2)9(19)12(6-18,22-10)15-16-13;1-5-7(18)10(4-17,14-15-12)20-8(5)16-3-2-6(11)13-9(16)19/h4-5,7,9-10,18-19H,3,6H2,1-2H3;2-3,5,7-8,17-18H,4H2,1H3,(H2,11,13,19). The van der Waals surface area contributed by atoms with Crippen molar-refractivity contribution in [3.05, 3.63) is 66.4 Å². The van der Waals surface area contributed by atoms with Gasteiger partial charge >= 0.3 is 11.4 Å². The predicted molar refractivity (Wildman–Crippen MR) is 141 cm³/mol. The Morgan fingerprint density at radius 1 is 0.952 bits per heavy atom. The molecule has 0 bridgehead atoms. The molecule has 0 saturated carbocycles. The molecule has 6 N–H and O–H groups in total. The molecule has 2 aliphatic heterocycles. The van der Waals surface area contributed by atoms with E-state index in [1.54, 1.807) is 20.8 Å². The van der Waals surface area contributed by atoms with Gasteiger partial charge in [-0.05, 0) is 24.1 Å². The van der Waals surface area contributed by atoms with E-state index in [4.69, 9.17) is 31.0 Å². The van der Waals surface area contributed by atoms with Crippen LogP contribution in [0.25, 0.3) is 20.9 Å². The fraction of sp³-hybridized carbons (Fsp3) is 0.636. The summed E-state index contributed by atoms with van der Waals surface area (Å²) in [6.45, 7) is 3.93. The van der Waals surface area contributed by atoms with Crippen LogP contribution < -0.4 is 21.9 Å². The molecule has 0 amide bonds. The minimum absolute atomic E-state index is 0.0564. The first-order valence-corrected chi connectivity index (χ1v) is 12.6. The normalized spacial score (nSPS) is 31.8. The largest absolute Gasteiger partial charge is 0.478 e. The Morgan fingerprint density at radius 2 is 1.40 bits per heavy atom. The molecule has 0 radical (unpaired) electrons. The Kier molecular flexibility index (Phi) is 10.1. The van der Waals surface area contributed by atoms with E-state index in [1.807, 2.05) is 0 Å². The fourth-order valence-corrected chi connectivity index (χ4v) is 4.61. The van der Waals surface area contributed by atoms with Gasteiger partial charge in [-0.3, -0.25) is 9.13 Å². The molecule has 2 aromatic rings. The number of nitrogens with two attached hydrogens (primary N) is 1. The Labute approximate surface area is 236 Å². The van der Waals surface area contributed by atoms with Crippen molar-refractivity contribution in [2.45, 2.75) is 56.9 Å². The Balaban J connectivity index is 0.000000231. The second-order valence-electron chi connectivity index (χ2n) is 9.44. The van der Waals surface area contributed by atoms with Gasteiger partial charge in [0, 0.05) is 40.1 Å². The highest BCUT2D eigenvalue weighted by Gasteiger charge is 2.54. The van der Waals surface area contributed by atoms with Gasteiger partial charge in [0.05, 0.1) is 32.0 Å². The molecule has 2 aromatic heterocycles. The third-order valence-electron chi connectivity index (χ3n) is 6.85. The molecule has 2 saturated heterocycles. The average molecular weight is 594 g/mol. The van der Waals surface area contributed by atoms with Crippen molar-refractivity contribution >= 4 is 5.82 Å². The Bertz CT molecular complexity index is 1470. The van der Waals surface area contributed by atoms with Crippen LogP contribution in [-0.4, -0.2) is 83.0 Å². The molecular weight excluding hydrogens is 562 g/mol. The van der Waals surface area contributed by atoms with Crippen LogP contribution >= 0.6 is 0 Å². The van der Waals surface area contributed by atoms with Gasteiger partial charge in [-0.25, -0.2) is 9.59 Å². The molecule has 0 spiro atoms. The highest BCUT2D eigenvalue weighted by atomic mass is 16.6. The Morgan fingerprint density at radius 3 is 1.79 bits per heavy atom. The van der Waals surface area contributed by atoms with Crippen LogP contribution in [0.2, 0.25) is 0 Å². The lowest BCUT2D eigenvalue weighted by Gasteiger charge is -2.24. The van der Waals surface area contributed by atoms with Gasteiger partial charge in [-0.1, -0.05) is 24.1 Å². The molecule has 8 atom stereocenters. The number of ether oxygens (including phenoxy) is 3. The number of azide groups is 2. The fourth-order valence-electron chi connectivity index (χ4n) is 4.61. The smallest absolute Gasteiger partial charge is 0.352 e. The van der Waals surface area contributed by atoms with E-state index in [2.05, 4.69) is 30.0 Å². The van der Waals surface area contributed by atoms with Crippen LogP contribution in [0.1, 0.15) is 33.2 Å². The lowest BCUT2D eigenvalue weighted by atomic mass is 9.98. The average Bonchev–Trinajstić information content (AvgIpc) is 3.35. The maximum Gasteiger partial charge on any atom is 0.352 e. The van der Waals surface area contributed by atoms with Crippen LogP contribution in [0, 0.1) is 11.8 Å². The number of aliphatic hydroxyl groups is 4. The molecule has 0 aromatic carbocycles. The van der Waals surface area contributed by atoms with Crippen molar-refractivity contribution in [1.29, 1.82) is 0 Å². The van der Waals surface area contributed by atoms with Crippen molar-refractivity contribution < 1.29 is 34.6 Å². The van der Waals surface area contributed by atoms with E-state index >= 15 is 0 Å². The SMILES string of the molecule is CC1C(n2ccc(N)nc2=O)OC(CO)(N=[N+]=[N-])C1O.CCOc1ccn(C2OC(CO)(N=[N+]=[N-])C(O)C2C)c(=O)n1. The minimum atomic E-state index is -1.82. The van der Waals surface area contributed by atoms with Crippen molar-refractivity contribution in [3.8, 4) is 5.88 Å². The molecule has 228 valence electrons. The summed E-state index contributed by atoms with van der Waals surface area (Å²) in [6, 6.07) is 2.89. The van der Waals surface area contributed by atoms with Gasteiger partial charge in [-0.2, -0.15) is 9.97 Å². The van der Waals surface area contributed by atoms with E-state index in [9.17, 15) is 30.0 Å². The van der Waals surface area contributed by atoms with Gasteiger partial charge in [-0.15, -0.1) is 0 Å². The van der Waals surface area contributed by atoms with Gasteiger partial charge in [0.15, 0.2) is 11.4 Å². The molecule has 20 nitrogen and oxygen atoms in total. The third kappa shape index (κ3) is 6.01. The van der Waals surface area contributed by atoms with Gasteiger partial charge in [0.1, 0.15) is 18.3 Å². The zero-order valence-electron chi connectivity index (χ0n) is 22.8. The highest BCUT2D eigenvalue weighted by Crippen LogP contribution is 2.42. The highest BCUT2D eigenvalue weighted by molar-refractivity contribution is 5.23. The number of anilines is 1. The second-order valence-corrected chi connectivity index (χ2v) is 9.44. The topological polar surface area (TPSA) is 302 Å². The predicted octanol–water partition coefficient (Wildman–Crippen LogP) is -0.483. The van der Waals surface area contributed by atoms with Crippen molar-refractivity contribution in [2.75, 3.05) is 25.6 Å². The van der Waals surface area contributed by atoms with E-state index in [-0.39, 0.29) is 11.7 Å². The number of rotatable bonds is 8. The first-order valence-electron chi connectivity index (χ1n) is 12.6. The number of aliphatic hydroxyl groups excluding tert-OH is 4. The second kappa shape index (κ2) is 13.1. The van der Waals surface area contributed by atoms with E-state index in [1.165, 1.54) is 24.5 Å². The van der Waals surface area contributed by atoms with E-state index < -0.39 is 72.5 Å². The first kappa shape index (κ1) is 32.3. The van der Waals surface area contributed by atoms with Crippen LogP contribution in [0.15, 0.2) is 44.3 Å². The summed E-state index contributed by atoms with van der Waals surface area (Å²) in [6.07, 6.45) is -1.61. The lowest BCUT2D eigenvalue weighted by molar-refractivity contribution is -0.124. The number of aromatic nitrogens is 4. The van der Waals surface area contributed by atoms with E-state index in [0.717, 1.165) is 9.13 Å². The first-order chi connectivity index (χ1) is 19.9. The molecule has 42 heavy (non-hydrogen) atoms. The van der Waals surface area contributed by atoms with Crippen LogP contribution in [0.4, 0.5) is 5.82 Å². The van der Waals surface area contributed by atoms with Gasteiger partial charge in [0.25, 0.3) is 0 Å².